The van der Waals surface area contributed by atoms with E-state index < -0.39 is 0 Å². The molecular formula is C56H38BN. The fourth-order valence-electron chi connectivity index (χ4n) is 9.31. The first kappa shape index (κ1) is 33.9. The molecule has 0 saturated heterocycles. The van der Waals surface area contributed by atoms with Crippen molar-refractivity contribution < 1.29 is 0 Å². The van der Waals surface area contributed by atoms with Crippen molar-refractivity contribution in [1.29, 1.82) is 0 Å². The van der Waals surface area contributed by atoms with E-state index in [-0.39, 0.29) is 6.71 Å². The molecule has 0 aliphatic rings. The summed E-state index contributed by atoms with van der Waals surface area (Å²) in [6.45, 7) is 0.163. The quantitative estimate of drug-likeness (QED) is 0.0853. The fourth-order valence-corrected chi connectivity index (χ4v) is 9.31. The largest absolute Gasteiger partial charge is 0.311 e. The zero-order chi connectivity index (χ0) is 38.4. The van der Waals surface area contributed by atoms with Crippen LogP contribution in [0.25, 0.3) is 65.3 Å². The Hall–Kier alpha value is -7.42. The second-order valence-electron chi connectivity index (χ2n) is 15.2. The summed E-state index contributed by atoms with van der Waals surface area (Å²) in [5.74, 6) is 0. The molecule has 11 rings (SSSR count). The Morgan fingerprint density at radius 1 is 0.259 bits per heavy atom. The SMILES string of the molecule is c1ccc(B(c2ccccc2)c2ccc(-c3ccc4c5ccccc5c5c(-c6ccc(N(c7ccccc7)c7ccccc7)cc6)ccc6ccc3c4c65)cc2)cc1. The van der Waals surface area contributed by atoms with Crippen molar-refractivity contribution in [2.75, 3.05) is 4.90 Å². The Balaban J connectivity index is 1.06. The first-order valence-electron chi connectivity index (χ1n) is 20.1. The minimum absolute atomic E-state index is 0.163. The number of nitrogens with zero attached hydrogens (tertiary/aromatic N) is 1. The first-order chi connectivity index (χ1) is 28.8. The van der Waals surface area contributed by atoms with Gasteiger partial charge in [-0.15, -0.1) is 0 Å². The molecule has 0 unspecified atom stereocenters. The second kappa shape index (κ2) is 14.3. The third kappa shape index (κ3) is 5.73. The molecule has 0 aliphatic carbocycles. The average molecular weight is 736 g/mol. The summed E-state index contributed by atoms with van der Waals surface area (Å²) in [7, 11) is 0. The van der Waals surface area contributed by atoms with Gasteiger partial charge in [0.05, 0.1) is 0 Å². The average Bonchev–Trinajstić information content (AvgIpc) is 3.30. The molecule has 0 spiro atoms. The van der Waals surface area contributed by atoms with Crippen LogP contribution < -0.4 is 21.3 Å². The normalized spacial score (nSPS) is 11.4. The Morgan fingerprint density at radius 3 is 1.31 bits per heavy atom. The molecule has 2 heteroatoms. The van der Waals surface area contributed by atoms with E-state index >= 15 is 0 Å². The van der Waals surface area contributed by atoms with Crippen molar-refractivity contribution in [2.45, 2.75) is 0 Å². The molecule has 0 saturated carbocycles. The van der Waals surface area contributed by atoms with E-state index in [2.05, 4.69) is 235 Å². The molecule has 0 aromatic heterocycles. The standard InChI is InChI=1S/C56H38BN/c1-5-15-42(16-6-1)57(43-17-7-2-8-18-43)44-31-25-39(26-32-44)48-37-38-53-50-23-13-14-24-51(50)55-49(35-29-41-30-36-52(48)56(53)54(41)55)40-27-33-47(34-28-40)58(45-19-9-3-10-20-45)46-21-11-4-12-22-46/h1-38H. The van der Waals surface area contributed by atoms with Crippen LogP contribution in [0.15, 0.2) is 231 Å². The molecule has 0 fully saturated rings. The molecule has 0 heterocycles. The molecule has 0 aliphatic heterocycles. The highest BCUT2D eigenvalue weighted by atomic mass is 15.1. The van der Waals surface area contributed by atoms with E-state index in [1.807, 2.05) is 0 Å². The van der Waals surface area contributed by atoms with Crippen LogP contribution in [0.1, 0.15) is 0 Å². The van der Waals surface area contributed by atoms with Crippen molar-refractivity contribution in [3.05, 3.63) is 231 Å². The van der Waals surface area contributed by atoms with Gasteiger partial charge in [-0.25, -0.2) is 0 Å². The van der Waals surface area contributed by atoms with E-state index in [0.29, 0.717) is 0 Å². The van der Waals surface area contributed by atoms with E-state index in [0.717, 1.165) is 17.1 Å². The zero-order valence-electron chi connectivity index (χ0n) is 32.0. The smallest absolute Gasteiger partial charge is 0.241 e. The fraction of sp³-hybridized carbons (Fsp3) is 0. The lowest BCUT2D eigenvalue weighted by atomic mass is 9.37. The predicted molar refractivity (Wildman–Crippen MR) is 251 cm³/mol. The van der Waals surface area contributed by atoms with Crippen LogP contribution in [0.3, 0.4) is 0 Å². The summed E-state index contributed by atoms with van der Waals surface area (Å²) in [4.78, 5) is 2.32. The maximum Gasteiger partial charge on any atom is 0.241 e. The lowest BCUT2D eigenvalue weighted by Gasteiger charge is -2.25. The van der Waals surface area contributed by atoms with E-state index in [4.69, 9.17) is 0 Å². The summed E-state index contributed by atoms with van der Waals surface area (Å²) in [5, 5.41) is 10.4. The van der Waals surface area contributed by atoms with Crippen molar-refractivity contribution in [3.8, 4) is 22.3 Å². The van der Waals surface area contributed by atoms with Gasteiger partial charge in [0.1, 0.15) is 0 Å². The zero-order valence-corrected chi connectivity index (χ0v) is 32.0. The summed E-state index contributed by atoms with van der Waals surface area (Å²) in [6.07, 6.45) is 0. The molecule has 11 aromatic rings. The van der Waals surface area contributed by atoms with Gasteiger partial charge < -0.3 is 4.90 Å². The number of hydrogen-bond donors (Lipinski definition) is 0. The summed E-state index contributed by atoms with van der Waals surface area (Å²) in [5.41, 5.74) is 12.2. The van der Waals surface area contributed by atoms with Crippen LogP contribution in [0, 0.1) is 0 Å². The lowest BCUT2D eigenvalue weighted by molar-refractivity contribution is 1.28. The number of fused-ring (bicyclic) bond motifs is 3. The van der Waals surface area contributed by atoms with E-state index in [1.54, 1.807) is 0 Å². The Labute approximate surface area is 339 Å². The van der Waals surface area contributed by atoms with Crippen LogP contribution in [-0.4, -0.2) is 6.71 Å². The second-order valence-corrected chi connectivity index (χ2v) is 15.2. The minimum Gasteiger partial charge on any atom is -0.311 e. The van der Waals surface area contributed by atoms with Crippen molar-refractivity contribution >= 4 is 83.3 Å². The molecule has 0 bridgehead atoms. The number of benzene rings is 11. The van der Waals surface area contributed by atoms with Gasteiger partial charge in [0.25, 0.3) is 0 Å². The van der Waals surface area contributed by atoms with E-state index in [1.165, 1.54) is 81.7 Å². The molecule has 0 radical (unpaired) electrons. The molecule has 11 aromatic carbocycles. The Morgan fingerprint density at radius 2 is 0.690 bits per heavy atom. The maximum absolute atomic E-state index is 2.35. The molecule has 0 amide bonds. The summed E-state index contributed by atoms with van der Waals surface area (Å²) >= 11 is 0. The first-order valence-corrected chi connectivity index (χ1v) is 20.1. The van der Waals surface area contributed by atoms with E-state index in [9.17, 15) is 0 Å². The topological polar surface area (TPSA) is 3.24 Å². The van der Waals surface area contributed by atoms with Gasteiger partial charge >= 0.3 is 0 Å². The highest BCUT2D eigenvalue weighted by molar-refractivity contribution is 6.95. The summed E-state index contributed by atoms with van der Waals surface area (Å²) < 4.78 is 0. The van der Waals surface area contributed by atoms with Gasteiger partial charge in [0, 0.05) is 17.1 Å². The van der Waals surface area contributed by atoms with Gasteiger partial charge in [-0.3, -0.25) is 0 Å². The summed E-state index contributed by atoms with van der Waals surface area (Å²) in [6, 6.07) is 84.3. The van der Waals surface area contributed by atoms with Crippen LogP contribution in [0.4, 0.5) is 17.1 Å². The molecule has 0 N–H and O–H groups in total. The van der Waals surface area contributed by atoms with Crippen molar-refractivity contribution in [1.82, 2.24) is 0 Å². The molecule has 58 heavy (non-hydrogen) atoms. The van der Waals surface area contributed by atoms with Crippen LogP contribution in [0.5, 0.6) is 0 Å². The third-order valence-electron chi connectivity index (χ3n) is 11.9. The number of hydrogen-bond acceptors (Lipinski definition) is 1. The maximum atomic E-state index is 2.35. The van der Waals surface area contributed by atoms with Gasteiger partial charge in [-0.1, -0.05) is 211 Å². The van der Waals surface area contributed by atoms with Gasteiger partial charge in [-0.05, 0) is 102 Å². The van der Waals surface area contributed by atoms with Crippen molar-refractivity contribution in [3.63, 3.8) is 0 Å². The van der Waals surface area contributed by atoms with Gasteiger partial charge in [-0.2, -0.15) is 0 Å². The highest BCUT2D eigenvalue weighted by Crippen LogP contribution is 2.47. The van der Waals surface area contributed by atoms with Gasteiger partial charge in [0.15, 0.2) is 0 Å². The van der Waals surface area contributed by atoms with Crippen LogP contribution in [0.2, 0.25) is 0 Å². The Kier molecular flexibility index (Phi) is 8.33. The van der Waals surface area contributed by atoms with Crippen LogP contribution in [-0.2, 0) is 0 Å². The molecule has 1 nitrogen and oxygen atoms in total. The lowest BCUT2D eigenvalue weighted by Crippen LogP contribution is -2.51. The third-order valence-corrected chi connectivity index (χ3v) is 11.9. The van der Waals surface area contributed by atoms with Gasteiger partial charge in [0.2, 0.25) is 6.71 Å². The molecule has 0 atom stereocenters. The monoisotopic (exact) mass is 735 g/mol. The predicted octanol–water partition coefficient (Wildman–Crippen LogP) is 13.1. The number of rotatable bonds is 8. The Bertz CT molecular complexity index is 3100. The molecule has 270 valence electrons. The van der Waals surface area contributed by atoms with Crippen LogP contribution >= 0.6 is 0 Å². The van der Waals surface area contributed by atoms with Crippen molar-refractivity contribution in [2.24, 2.45) is 0 Å². The molecular weight excluding hydrogens is 697 g/mol. The number of anilines is 3. The number of para-hydroxylation sites is 2. The highest BCUT2D eigenvalue weighted by Gasteiger charge is 2.23. The minimum atomic E-state index is 0.163.